The van der Waals surface area contributed by atoms with Gasteiger partial charge in [0.15, 0.2) is 0 Å². The molecule has 27 heavy (non-hydrogen) atoms. The van der Waals surface area contributed by atoms with Crippen LogP contribution in [-0.4, -0.2) is 41.3 Å². The Morgan fingerprint density at radius 3 is 2.48 bits per heavy atom. The van der Waals surface area contributed by atoms with Gasteiger partial charge in [0.25, 0.3) is 5.91 Å². The van der Waals surface area contributed by atoms with Crippen LogP contribution in [0.15, 0.2) is 54.7 Å². The monoisotopic (exact) mass is 381 g/mol. The largest absolute Gasteiger partial charge is 0.353 e. The van der Waals surface area contributed by atoms with Crippen LogP contribution in [0.2, 0.25) is 0 Å². The Bertz CT molecular complexity index is 983. The van der Waals surface area contributed by atoms with Crippen LogP contribution < -0.4 is 5.32 Å². The molecule has 1 aromatic heterocycles. The van der Waals surface area contributed by atoms with E-state index in [2.05, 4.69) is 10.3 Å². The lowest BCUT2D eigenvalue weighted by atomic mass is 10.1. The lowest BCUT2D eigenvalue weighted by Gasteiger charge is -2.26. The Labute approximate surface area is 159 Å². The highest BCUT2D eigenvalue weighted by atomic mass is 32.1. The molecule has 0 radical (unpaired) electrons. The van der Waals surface area contributed by atoms with E-state index in [0.717, 1.165) is 21.0 Å². The zero-order chi connectivity index (χ0) is 18.8. The van der Waals surface area contributed by atoms with Gasteiger partial charge in [-0.15, -0.1) is 11.3 Å². The van der Waals surface area contributed by atoms with Gasteiger partial charge in [0, 0.05) is 30.4 Å². The number of hydrogen-bond donors (Lipinski definition) is 1. The highest BCUT2D eigenvalue weighted by Crippen LogP contribution is 2.32. The second-order valence-corrected chi connectivity index (χ2v) is 7.22. The fourth-order valence-electron chi connectivity index (χ4n) is 2.91. The molecule has 0 unspecified atom stereocenters. The fraction of sp³-hybridized carbons (Fsp3) is 0.150. The van der Waals surface area contributed by atoms with Crippen molar-refractivity contribution >= 4 is 23.2 Å². The summed E-state index contributed by atoms with van der Waals surface area (Å²) in [6, 6.07) is 13.5. The van der Waals surface area contributed by atoms with Gasteiger partial charge in [-0.1, -0.05) is 12.1 Å². The maximum atomic E-state index is 13.1. The predicted molar refractivity (Wildman–Crippen MR) is 102 cm³/mol. The molecule has 7 heteroatoms. The summed E-state index contributed by atoms with van der Waals surface area (Å²) in [6.45, 7) is 1.09. The molecule has 0 saturated carbocycles. The molecule has 3 aromatic rings. The lowest BCUT2D eigenvalue weighted by Crippen LogP contribution is -2.49. The molecule has 5 nitrogen and oxygen atoms in total. The first kappa shape index (κ1) is 17.4. The SMILES string of the molecule is O=C1CN(C(=O)c2ccc(-c3cnc(-c4ccc(F)cc4)s3)cc2)CCN1. The zero-order valence-electron chi connectivity index (χ0n) is 14.3. The average Bonchev–Trinajstić information content (AvgIpc) is 3.18. The number of carbonyl (C=O) groups is 2. The highest BCUT2D eigenvalue weighted by molar-refractivity contribution is 7.18. The van der Waals surface area contributed by atoms with E-state index in [0.29, 0.717) is 18.7 Å². The van der Waals surface area contributed by atoms with Crippen LogP contribution in [0.3, 0.4) is 0 Å². The molecule has 1 aliphatic heterocycles. The van der Waals surface area contributed by atoms with Gasteiger partial charge in [0.1, 0.15) is 10.8 Å². The Morgan fingerprint density at radius 2 is 1.78 bits per heavy atom. The number of halogens is 1. The Balaban J connectivity index is 1.51. The summed E-state index contributed by atoms with van der Waals surface area (Å²) in [5.74, 6) is -0.557. The number of amides is 2. The zero-order valence-corrected chi connectivity index (χ0v) is 15.1. The molecule has 0 bridgehead atoms. The van der Waals surface area contributed by atoms with E-state index in [1.54, 1.807) is 35.4 Å². The van der Waals surface area contributed by atoms with E-state index in [4.69, 9.17) is 0 Å². The molecule has 1 fully saturated rings. The molecule has 136 valence electrons. The summed E-state index contributed by atoms with van der Waals surface area (Å²) < 4.78 is 13.1. The number of benzene rings is 2. The first-order valence-electron chi connectivity index (χ1n) is 8.48. The van der Waals surface area contributed by atoms with E-state index >= 15 is 0 Å². The quantitative estimate of drug-likeness (QED) is 0.758. The number of thiazole rings is 1. The maximum Gasteiger partial charge on any atom is 0.254 e. The van der Waals surface area contributed by atoms with E-state index in [9.17, 15) is 14.0 Å². The van der Waals surface area contributed by atoms with Gasteiger partial charge in [-0.3, -0.25) is 9.59 Å². The number of piperazine rings is 1. The predicted octanol–water partition coefficient (Wildman–Crippen LogP) is 3.19. The standard InChI is InChI=1S/C20H16FN3O2S/c21-16-7-5-14(6-8-16)19-23-11-17(27-19)13-1-3-15(4-2-13)20(26)24-10-9-22-18(25)12-24/h1-8,11H,9-10,12H2,(H,22,25). The van der Waals surface area contributed by atoms with Gasteiger partial charge in [0.05, 0.1) is 11.4 Å². The van der Waals surface area contributed by atoms with Gasteiger partial charge in [-0.25, -0.2) is 9.37 Å². The van der Waals surface area contributed by atoms with Crippen molar-refractivity contribution in [3.63, 3.8) is 0 Å². The number of hydrogen-bond acceptors (Lipinski definition) is 4. The smallest absolute Gasteiger partial charge is 0.254 e. The molecule has 0 spiro atoms. The molecule has 1 aliphatic rings. The van der Waals surface area contributed by atoms with Crippen molar-refractivity contribution in [2.24, 2.45) is 0 Å². The minimum absolute atomic E-state index is 0.0937. The summed E-state index contributed by atoms with van der Waals surface area (Å²) in [5, 5.41) is 3.52. The Kier molecular flexibility index (Phi) is 4.68. The molecule has 0 aliphatic carbocycles. The summed E-state index contributed by atoms with van der Waals surface area (Å²) >= 11 is 1.51. The molecule has 2 amide bonds. The molecule has 4 rings (SSSR count). The van der Waals surface area contributed by atoms with Crippen molar-refractivity contribution in [3.05, 3.63) is 66.1 Å². The Hall–Kier alpha value is -3.06. The number of aromatic nitrogens is 1. The van der Waals surface area contributed by atoms with Gasteiger partial charge in [-0.2, -0.15) is 0 Å². The van der Waals surface area contributed by atoms with Crippen LogP contribution in [0, 0.1) is 5.82 Å². The minimum atomic E-state index is -0.276. The van der Waals surface area contributed by atoms with Crippen molar-refractivity contribution in [1.82, 2.24) is 15.2 Å². The first-order valence-corrected chi connectivity index (χ1v) is 9.30. The van der Waals surface area contributed by atoms with Crippen molar-refractivity contribution in [3.8, 4) is 21.0 Å². The van der Waals surface area contributed by atoms with Crippen molar-refractivity contribution in [1.29, 1.82) is 0 Å². The van der Waals surface area contributed by atoms with E-state index in [-0.39, 0.29) is 24.2 Å². The number of carbonyl (C=O) groups excluding carboxylic acids is 2. The molecule has 0 atom stereocenters. The van der Waals surface area contributed by atoms with Gasteiger partial charge >= 0.3 is 0 Å². The third-order valence-corrected chi connectivity index (χ3v) is 5.43. The molecule has 2 aromatic carbocycles. The highest BCUT2D eigenvalue weighted by Gasteiger charge is 2.22. The van der Waals surface area contributed by atoms with Crippen LogP contribution in [0.5, 0.6) is 0 Å². The number of rotatable bonds is 3. The normalized spacial score (nSPS) is 14.1. The number of nitrogens with zero attached hydrogens (tertiary/aromatic N) is 2. The van der Waals surface area contributed by atoms with Crippen LogP contribution in [0.1, 0.15) is 10.4 Å². The lowest BCUT2D eigenvalue weighted by molar-refractivity contribution is -0.123. The van der Waals surface area contributed by atoms with Crippen molar-refractivity contribution < 1.29 is 14.0 Å². The van der Waals surface area contributed by atoms with Gasteiger partial charge in [0.2, 0.25) is 5.91 Å². The maximum absolute atomic E-state index is 13.1. The summed E-state index contributed by atoms with van der Waals surface area (Å²) in [5.41, 5.74) is 2.37. The average molecular weight is 381 g/mol. The molecule has 1 saturated heterocycles. The van der Waals surface area contributed by atoms with E-state index in [1.807, 2.05) is 12.1 Å². The second kappa shape index (κ2) is 7.28. The van der Waals surface area contributed by atoms with Crippen LogP contribution >= 0.6 is 11.3 Å². The molecular formula is C20H16FN3O2S. The molecular weight excluding hydrogens is 365 g/mol. The van der Waals surface area contributed by atoms with Crippen LogP contribution in [0.4, 0.5) is 4.39 Å². The second-order valence-electron chi connectivity index (χ2n) is 6.19. The van der Waals surface area contributed by atoms with Crippen LogP contribution in [-0.2, 0) is 4.79 Å². The van der Waals surface area contributed by atoms with Gasteiger partial charge in [-0.05, 0) is 42.0 Å². The van der Waals surface area contributed by atoms with Gasteiger partial charge < -0.3 is 10.2 Å². The summed E-state index contributed by atoms with van der Waals surface area (Å²) in [7, 11) is 0. The van der Waals surface area contributed by atoms with E-state index < -0.39 is 0 Å². The summed E-state index contributed by atoms with van der Waals surface area (Å²) in [4.78, 5) is 30.9. The Morgan fingerprint density at radius 1 is 1.07 bits per heavy atom. The van der Waals surface area contributed by atoms with Crippen LogP contribution in [0.25, 0.3) is 21.0 Å². The van der Waals surface area contributed by atoms with Crippen molar-refractivity contribution in [2.75, 3.05) is 19.6 Å². The summed E-state index contributed by atoms with van der Waals surface area (Å²) in [6.07, 6.45) is 1.77. The fourth-order valence-corrected chi connectivity index (χ4v) is 3.83. The molecule has 2 heterocycles. The van der Waals surface area contributed by atoms with Crippen molar-refractivity contribution in [2.45, 2.75) is 0 Å². The molecule has 1 N–H and O–H groups in total. The minimum Gasteiger partial charge on any atom is -0.353 e. The topological polar surface area (TPSA) is 62.3 Å². The third kappa shape index (κ3) is 3.73. The third-order valence-electron chi connectivity index (χ3n) is 4.34. The number of nitrogens with one attached hydrogen (secondary N) is 1. The first-order chi connectivity index (χ1) is 13.1. The van der Waals surface area contributed by atoms with E-state index in [1.165, 1.54) is 23.5 Å².